The van der Waals surface area contributed by atoms with Gasteiger partial charge in [0.15, 0.2) is 0 Å². The van der Waals surface area contributed by atoms with Crippen LogP contribution in [0.5, 0.6) is 5.88 Å². The third kappa shape index (κ3) is 4.08. The van der Waals surface area contributed by atoms with Crippen LogP contribution in [0.25, 0.3) is 28.1 Å². The van der Waals surface area contributed by atoms with Crippen LogP contribution in [-0.2, 0) is 0 Å². The molecule has 1 aromatic heterocycles. The van der Waals surface area contributed by atoms with Crippen LogP contribution >= 0.6 is 0 Å². The van der Waals surface area contributed by atoms with Gasteiger partial charge in [0.1, 0.15) is 11.5 Å². The molecule has 2 aromatic carbocycles. The molecule has 34 heavy (non-hydrogen) atoms. The molecule has 0 amide bonds. The van der Waals surface area contributed by atoms with Gasteiger partial charge >= 0.3 is 0 Å². The topological polar surface area (TPSA) is 64.3 Å². The minimum Gasteiger partial charge on any atom is -0.480 e. The van der Waals surface area contributed by atoms with Crippen LogP contribution in [0.2, 0.25) is 0 Å². The Morgan fingerprint density at radius 1 is 0.971 bits per heavy atom. The summed E-state index contributed by atoms with van der Waals surface area (Å²) in [7, 11) is 1.59. The van der Waals surface area contributed by atoms with Gasteiger partial charge in [-0.1, -0.05) is 12.1 Å². The molecule has 0 bridgehead atoms. The predicted octanol–water partition coefficient (Wildman–Crippen LogP) is 5.73. The SMILES string of the molecule is COc1ncccc1Nc1cc2nc3ccccc3n(-c3ccc(F)cc3)c-2c/c1=N/C(C)C. The molecular formula is C27H24FN5O. The lowest BCUT2D eigenvalue weighted by Crippen LogP contribution is -2.16. The molecule has 0 saturated heterocycles. The monoisotopic (exact) mass is 453 g/mol. The van der Waals surface area contributed by atoms with Crippen LogP contribution in [0.3, 0.4) is 0 Å². The molecule has 7 heteroatoms. The molecule has 0 fully saturated rings. The number of anilines is 2. The molecule has 0 spiro atoms. The van der Waals surface area contributed by atoms with Gasteiger partial charge < -0.3 is 14.6 Å². The number of aromatic nitrogens is 3. The number of hydrogen-bond acceptors (Lipinski definition) is 5. The zero-order chi connectivity index (χ0) is 23.7. The number of hydrogen-bond donors (Lipinski definition) is 1. The number of halogens is 1. The summed E-state index contributed by atoms with van der Waals surface area (Å²) >= 11 is 0. The fourth-order valence-corrected chi connectivity index (χ4v) is 3.99. The number of ether oxygens (including phenoxy) is 1. The first-order valence-electron chi connectivity index (χ1n) is 11.0. The van der Waals surface area contributed by atoms with Gasteiger partial charge in [-0.2, -0.15) is 0 Å². The van der Waals surface area contributed by atoms with Crippen molar-refractivity contribution in [3.8, 4) is 23.0 Å². The minimum absolute atomic E-state index is 0.0708. The number of rotatable bonds is 5. The summed E-state index contributed by atoms with van der Waals surface area (Å²) in [4.78, 5) is 14.1. The number of benzene rings is 3. The highest BCUT2D eigenvalue weighted by molar-refractivity contribution is 5.84. The number of pyridine rings is 1. The van der Waals surface area contributed by atoms with E-state index >= 15 is 0 Å². The van der Waals surface area contributed by atoms with Gasteiger partial charge in [0, 0.05) is 17.9 Å². The molecule has 3 aromatic rings. The van der Waals surface area contributed by atoms with Gasteiger partial charge in [-0.3, -0.25) is 4.99 Å². The van der Waals surface area contributed by atoms with Gasteiger partial charge in [0.05, 0.1) is 40.6 Å². The Morgan fingerprint density at radius 3 is 2.53 bits per heavy atom. The second kappa shape index (κ2) is 8.94. The van der Waals surface area contributed by atoms with Crippen molar-refractivity contribution in [2.45, 2.75) is 19.9 Å². The van der Waals surface area contributed by atoms with E-state index in [1.165, 1.54) is 12.1 Å². The number of methoxy groups -OCH3 is 1. The molecule has 6 nitrogen and oxygen atoms in total. The molecule has 0 unspecified atom stereocenters. The number of nitrogens with zero attached hydrogens (tertiary/aromatic N) is 4. The van der Waals surface area contributed by atoms with Crippen LogP contribution < -0.4 is 15.4 Å². The van der Waals surface area contributed by atoms with E-state index in [4.69, 9.17) is 14.7 Å². The van der Waals surface area contributed by atoms with Crippen molar-refractivity contribution < 1.29 is 9.13 Å². The second-order valence-corrected chi connectivity index (χ2v) is 8.18. The maximum absolute atomic E-state index is 13.7. The highest BCUT2D eigenvalue weighted by Crippen LogP contribution is 2.31. The maximum Gasteiger partial charge on any atom is 0.237 e. The van der Waals surface area contributed by atoms with Crippen molar-refractivity contribution in [1.29, 1.82) is 0 Å². The van der Waals surface area contributed by atoms with Crippen molar-refractivity contribution in [2.75, 3.05) is 12.4 Å². The average Bonchev–Trinajstić information content (AvgIpc) is 2.84. The van der Waals surface area contributed by atoms with E-state index in [9.17, 15) is 4.39 Å². The fraction of sp³-hybridized carbons (Fsp3) is 0.148. The summed E-state index contributed by atoms with van der Waals surface area (Å²) < 4.78 is 21.2. The van der Waals surface area contributed by atoms with Crippen molar-refractivity contribution >= 4 is 22.4 Å². The smallest absolute Gasteiger partial charge is 0.237 e. The normalized spacial score (nSPS) is 12.0. The Labute approximate surface area is 196 Å². The van der Waals surface area contributed by atoms with Crippen molar-refractivity contribution in [1.82, 2.24) is 14.5 Å². The van der Waals surface area contributed by atoms with E-state index in [-0.39, 0.29) is 11.9 Å². The Hall–Kier alpha value is -4.26. The molecule has 0 atom stereocenters. The molecule has 1 aliphatic carbocycles. The summed E-state index contributed by atoms with van der Waals surface area (Å²) in [6.07, 6.45) is 1.68. The highest BCUT2D eigenvalue weighted by atomic mass is 19.1. The largest absolute Gasteiger partial charge is 0.480 e. The van der Waals surface area contributed by atoms with Crippen LogP contribution in [0.15, 0.2) is 84.0 Å². The number of nitrogens with one attached hydrogen (secondary N) is 1. The van der Waals surface area contributed by atoms with Gasteiger partial charge in [0.2, 0.25) is 5.88 Å². The molecule has 170 valence electrons. The fourth-order valence-electron chi connectivity index (χ4n) is 3.99. The summed E-state index contributed by atoms with van der Waals surface area (Å²) in [6, 6.07) is 22.2. The van der Waals surface area contributed by atoms with E-state index in [1.54, 1.807) is 25.4 Å². The summed E-state index contributed by atoms with van der Waals surface area (Å²) in [5.74, 6) is 0.213. The molecule has 2 heterocycles. The second-order valence-electron chi connectivity index (χ2n) is 8.18. The quantitative estimate of drug-likeness (QED) is 0.346. The Bertz CT molecular complexity index is 1510. The number of para-hydroxylation sites is 2. The van der Waals surface area contributed by atoms with E-state index in [2.05, 4.69) is 14.9 Å². The maximum atomic E-state index is 13.7. The molecule has 1 aliphatic heterocycles. The Kier molecular flexibility index (Phi) is 5.67. The van der Waals surface area contributed by atoms with Crippen LogP contribution in [0.1, 0.15) is 13.8 Å². The zero-order valence-corrected chi connectivity index (χ0v) is 19.2. The first-order valence-corrected chi connectivity index (χ1v) is 11.0. The van der Waals surface area contributed by atoms with Gasteiger partial charge in [-0.25, -0.2) is 14.4 Å². The lowest BCUT2D eigenvalue weighted by Gasteiger charge is -2.20. The van der Waals surface area contributed by atoms with Crippen molar-refractivity contribution in [3.63, 3.8) is 0 Å². The third-order valence-corrected chi connectivity index (χ3v) is 5.41. The van der Waals surface area contributed by atoms with Crippen LogP contribution in [0.4, 0.5) is 15.8 Å². The third-order valence-electron chi connectivity index (χ3n) is 5.41. The molecular weight excluding hydrogens is 429 g/mol. The van der Waals surface area contributed by atoms with Gasteiger partial charge in [-0.05, 0) is 74.5 Å². The van der Waals surface area contributed by atoms with Crippen molar-refractivity contribution in [2.24, 2.45) is 4.99 Å². The highest BCUT2D eigenvalue weighted by Gasteiger charge is 2.17. The van der Waals surface area contributed by atoms with E-state index < -0.39 is 0 Å². The summed E-state index contributed by atoms with van der Waals surface area (Å²) in [5, 5.41) is 4.20. The number of fused-ring (bicyclic) bond motifs is 2. The predicted molar refractivity (Wildman–Crippen MR) is 132 cm³/mol. The Balaban J connectivity index is 1.81. The summed E-state index contributed by atoms with van der Waals surface area (Å²) in [5.41, 5.74) is 5.77. The van der Waals surface area contributed by atoms with Crippen LogP contribution in [0, 0.1) is 5.82 Å². The lowest BCUT2D eigenvalue weighted by molar-refractivity contribution is 0.400. The first kappa shape index (κ1) is 21.6. The molecule has 0 radical (unpaired) electrons. The molecule has 2 aliphatic rings. The lowest BCUT2D eigenvalue weighted by atomic mass is 10.1. The molecule has 1 N–H and O–H groups in total. The minimum atomic E-state index is -0.278. The van der Waals surface area contributed by atoms with E-state index in [0.29, 0.717) is 5.88 Å². The van der Waals surface area contributed by atoms with E-state index in [1.807, 2.05) is 62.4 Å². The van der Waals surface area contributed by atoms with Crippen molar-refractivity contribution in [3.05, 3.63) is 90.2 Å². The van der Waals surface area contributed by atoms with E-state index in [0.717, 1.165) is 44.8 Å². The first-order chi connectivity index (χ1) is 16.5. The van der Waals surface area contributed by atoms with Gasteiger partial charge in [-0.15, -0.1) is 0 Å². The summed E-state index contributed by atoms with van der Waals surface area (Å²) in [6.45, 7) is 4.07. The average molecular weight is 454 g/mol. The Morgan fingerprint density at radius 2 is 1.76 bits per heavy atom. The zero-order valence-electron chi connectivity index (χ0n) is 19.2. The van der Waals surface area contributed by atoms with Crippen LogP contribution in [-0.4, -0.2) is 27.7 Å². The standard InChI is InChI=1S/C27H24FN5O/c1-17(2)30-23-16-26-24(15-22(23)32-21-8-6-14-29-27(21)34-3)31-20-7-4-5-9-25(20)33(26)19-12-10-18(28)11-13-19/h4-17,32H,1-3H3/b30-23-. The van der Waals surface area contributed by atoms with Gasteiger partial charge in [0.25, 0.3) is 0 Å². The molecule has 0 saturated carbocycles. The molecule has 5 rings (SSSR count).